The summed E-state index contributed by atoms with van der Waals surface area (Å²) >= 11 is 7.83. The van der Waals surface area contributed by atoms with Crippen molar-refractivity contribution in [3.63, 3.8) is 0 Å². The van der Waals surface area contributed by atoms with E-state index in [1.807, 2.05) is 49.4 Å². The summed E-state index contributed by atoms with van der Waals surface area (Å²) in [6.45, 7) is 7.37. The second kappa shape index (κ2) is 7.30. The number of ether oxygens (including phenoxy) is 2. The Hall–Kier alpha value is -1.24. The molecule has 0 N–H and O–H groups in total. The Kier molecular flexibility index (Phi) is 5.16. The van der Waals surface area contributed by atoms with Crippen LogP contribution in [-0.2, 0) is 9.61 Å². The number of halogens is 1. The van der Waals surface area contributed by atoms with E-state index in [4.69, 9.17) is 21.1 Å². The van der Waals surface area contributed by atoms with E-state index in [1.165, 1.54) is 5.06 Å². The maximum Gasteiger partial charge on any atom is 0.125 e. The van der Waals surface area contributed by atoms with E-state index in [0.717, 1.165) is 28.4 Å². The lowest BCUT2D eigenvalue weighted by molar-refractivity contribution is 0.128. The molecule has 2 aliphatic rings. The van der Waals surface area contributed by atoms with Crippen LogP contribution < -0.4 is 4.74 Å². The van der Waals surface area contributed by atoms with Gasteiger partial charge in [0.25, 0.3) is 0 Å². The van der Waals surface area contributed by atoms with Crippen molar-refractivity contribution in [2.24, 2.45) is 5.92 Å². The Morgan fingerprint density at radius 3 is 2.78 bits per heavy atom. The van der Waals surface area contributed by atoms with Gasteiger partial charge < -0.3 is 19.7 Å². The Morgan fingerprint density at radius 1 is 1.33 bits per heavy atom. The van der Waals surface area contributed by atoms with Gasteiger partial charge in [-0.1, -0.05) is 61.5 Å². The van der Waals surface area contributed by atoms with Crippen LogP contribution in [0, 0.1) is 11.1 Å². The third-order valence-corrected chi connectivity index (χ3v) is 7.24. The maximum absolute atomic E-state index is 13.6. The van der Waals surface area contributed by atoms with E-state index in [1.54, 1.807) is 11.8 Å². The minimum absolute atomic E-state index is 0.0523. The van der Waals surface area contributed by atoms with Gasteiger partial charge in [0.05, 0.1) is 11.5 Å². The Labute approximate surface area is 169 Å². The Bertz CT molecular complexity index is 842. The van der Waals surface area contributed by atoms with E-state index in [2.05, 4.69) is 13.8 Å². The highest BCUT2D eigenvalue weighted by molar-refractivity contribution is 8.00. The summed E-state index contributed by atoms with van der Waals surface area (Å²) in [5.41, 5.74) is 1.92. The summed E-state index contributed by atoms with van der Waals surface area (Å²) in [7, 11) is 0. The molecule has 0 aromatic heterocycles. The molecule has 2 heterocycles. The van der Waals surface area contributed by atoms with Crippen molar-refractivity contribution in [3.8, 4) is 5.75 Å². The molecule has 2 aliphatic heterocycles. The molecule has 4 nitrogen and oxygen atoms in total. The fourth-order valence-corrected chi connectivity index (χ4v) is 5.54. The molecular weight excluding hydrogens is 382 g/mol. The van der Waals surface area contributed by atoms with Gasteiger partial charge in [-0.25, -0.2) is 0 Å². The molecule has 6 heteroatoms. The summed E-state index contributed by atoms with van der Waals surface area (Å²) in [4.78, 5) is 0.258. The highest BCUT2D eigenvalue weighted by Crippen LogP contribution is 2.58. The van der Waals surface area contributed by atoms with Crippen LogP contribution in [0.2, 0.25) is 5.02 Å². The predicted octanol–water partition coefficient (Wildman–Crippen LogP) is 5.59. The van der Waals surface area contributed by atoms with E-state index in [-0.39, 0.29) is 18.1 Å². The van der Waals surface area contributed by atoms with Crippen LogP contribution in [-0.4, -0.2) is 24.4 Å². The average molecular weight is 405 g/mol. The van der Waals surface area contributed by atoms with Gasteiger partial charge in [0.2, 0.25) is 0 Å². The minimum Gasteiger partial charge on any atom is -0.784 e. The van der Waals surface area contributed by atoms with Gasteiger partial charge in [0.1, 0.15) is 18.5 Å². The summed E-state index contributed by atoms with van der Waals surface area (Å²) in [6.07, 6.45) is 0.161. The number of hydrogen-bond acceptors (Lipinski definition) is 5. The molecule has 0 spiro atoms. The first-order valence-corrected chi connectivity index (χ1v) is 10.4. The zero-order chi connectivity index (χ0) is 19.2. The number of hydrogen-bond donors (Lipinski definition) is 0. The third kappa shape index (κ3) is 3.36. The molecule has 3 atom stereocenters. The van der Waals surface area contributed by atoms with Gasteiger partial charge in [-0.2, -0.15) is 0 Å². The van der Waals surface area contributed by atoms with E-state index >= 15 is 0 Å². The first kappa shape index (κ1) is 19.1. The molecular formula is C21H23ClNO3S-. The Morgan fingerprint density at radius 2 is 2.07 bits per heavy atom. The molecule has 0 aliphatic carbocycles. The smallest absolute Gasteiger partial charge is 0.125 e. The fraction of sp³-hybridized carbons (Fsp3) is 0.429. The lowest BCUT2D eigenvalue weighted by atomic mass is 9.91. The van der Waals surface area contributed by atoms with E-state index in [0.29, 0.717) is 11.6 Å². The number of fused-ring (bicyclic) bond motifs is 1. The van der Waals surface area contributed by atoms with E-state index in [9.17, 15) is 5.21 Å². The average Bonchev–Trinajstić information content (AvgIpc) is 3.47. The second-order valence-electron chi connectivity index (χ2n) is 7.40. The summed E-state index contributed by atoms with van der Waals surface area (Å²) in [5.74, 6) is 0.796. The lowest BCUT2D eigenvalue weighted by Crippen LogP contribution is -2.48. The quantitative estimate of drug-likeness (QED) is 0.607. The van der Waals surface area contributed by atoms with Gasteiger partial charge in [-0.3, -0.25) is 0 Å². The normalized spacial score (nSPS) is 27.5. The molecule has 144 valence electrons. The van der Waals surface area contributed by atoms with Crippen molar-refractivity contribution in [3.05, 3.63) is 63.8 Å². The first-order valence-electron chi connectivity index (χ1n) is 9.22. The topological polar surface area (TPSA) is 48.1 Å². The molecule has 0 bridgehead atoms. The highest BCUT2D eigenvalue weighted by atomic mass is 35.5. The SMILES string of the molecule is CC1c2ccc(Cl)cc2SC(c2ccccc2OCC2CO2)(C(C)C)N1[O-]. The monoisotopic (exact) mass is 404 g/mol. The maximum atomic E-state index is 13.6. The van der Waals surface area contributed by atoms with Crippen LogP contribution in [0.3, 0.4) is 0 Å². The number of para-hydroxylation sites is 1. The highest BCUT2D eigenvalue weighted by Gasteiger charge is 2.46. The number of nitrogens with zero attached hydrogens (tertiary/aromatic N) is 1. The first-order chi connectivity index (χ1) is 12.9. The zero-order valence-corrected chi connectivity index (χ0v) is 17.2. The molecule has 0 amide bonds. The number of hydroxylamine groups is 2. The molecule has 4 rings (SSSR count). The lowest BCUT2D eigenvalue weighted by Gasteiger charge is -2.57. The van der Waals surface area contributed by atoms with Crippen LogP contribution in [0.5, 0.6) is 5.75 Å². The molecule has 3 unspecified atom stereocenters. The second-order valence-corrected chi connectivity index (χ2v) is 9.10. The predicted molar refractivity (Wildman–Crippen MR) is 109 cm³/mol. The molecule has 1 saturated heterocycles. The summed E-state index contributed by atoms with van der Waals surface area (Å²) in [5, 5.41) is 15.5. The van der Waals surface area contributed by atoms with Crippen molar-refractivity contribution < 1.29 is 9.47 Å². The molecule has 0 radical (unpaired) electrons. The van der Waals surface area contributed by atoms with Crippen LogP contribution in [0.4, 0.5) is 0 Å². The number of rotatable bonds is 5. The molecule has 0 saturated carbocycles. The number of epoxide rings is 1. The van der Waals surface area contributed by atoms with Crippen molar-refractivity contribution in [2.45, 2.75) is 42.7 Å². The summed E-state index contributed by atoms with van der Waals surface area (Å²) < 4.78 is 11.3. The molecule has 2 aromatic carbocycles. The largest absolute Gasteiger partial charge is 0.784 e. The van der Waals surface area contributed by atoms with Gasteiger partial charge in [-0.15, -0.1) is 0 Å². The van der Waals surface area contributed by atoms with Crippen LogP contribution in [0.25, 0.3) is 0 Å². The van der Waals surface area contributed by atoms with E-state index < -0.39 is 4.87 Å². The molecule has 27 heavy (non-hydrogen) atoms. The molecule has 2 aromatic rings. The molecule has 1 fully saturated rings. The van der Waals surface area contributed by atoms with Gasteiger partial charge in [-0.05, 0) is 36.6 Å². The Balaban J connectivity index is 1.82. The van der Waals surface area contributed by atoms with Gasteiger partial charge in [0.15, 0.2) is 0 Å². The fourth-order valence-electron chi connectivity index (χ4n) is 3.66. The zero-order valence-electron chi connectivity index (χ0n) is 15.6. The minimum atomic E-state index is -0.794. The van der Waals surface area contributed by atoms with Crippen LogP contribution >= 0.6 is 23.4 Å². The van der Waals surface area contributed by atoms with Crippen LogP contribution in [0.1, 0.15) is 37.9 Å². The van der Waals surface area contributed by atoms with Crippen molar-refractivity contribution in [2.75, 3.05) is 13.2 Å². The van der Waals surface area contributed by atoms with Gasteiger partial charge in [0, 0.05) is 21.5 Å². The number of benzene rings is 2. The van der Waals surface area contributed by atoms with Gasteiger partial charge >= 0.3 is 0 Å². The van der Waals surface area contributed by atoms with Crippen molar-refractivity contribution in [1.82, 2.24) is 5.06 Å². The van der Waals surface area contributed by atoms with Crippen LogP contribution in [0.15, 0.2) is 47.4 Å². The number of thioether (sulfide) groups is 1. The van der Waals surface area contributed by atoms with Crippen molar-refractivity contribution >= 4 is 23.4 Å². The standard InChI is InChI=1S/C21H23ClNO3S/c1-13(2)21(18-6-4-5-7-19(18)26-12-16-11-25-16)23(24)14(3)17-9-8-15(22)10-20(17)27-21/h4-10,13-14,16H,11-12H2,1-3H3/q-1. The van der Waals surface area contributed by atoms with Crippen molar-refractivity contribution in [1.29, 1.82) is 0 Å². The summed E-state index contributed by atoms with van der Waals surface area (Å²) in [6, 6.07) is 13.3. The third-order valence-electron chi connectivity index (χ3n) is 5.25.